The highest BCUT2D eigenvalue weighted by Crippen LogP contribution is 2.33. The van der Waals surface area contributed by atoms with Crippen LogP contribution in [0.2, 0.25) is 0 Å². The van der Waals surface area contributed by atoms with Gasteiger partial charge in [0.15, 0.2) is 6.67 Å². The van der Waals surface area contributed by atoms with Gasteiger partial charge >= 0.3 is 0 Å². The number of rotatable bonds is 4. The summed E-state index contributed by atoms with van der Waals surface area (Å²) in [4.78, 5) is 13.7. The largest absolute Gasteiger partial charge is 0.352 e. The topological polar surface area (TPSA) is 44.4 Å². The van der Waals surface area contributed by atoms with Gasteiger partial charge in [-0.05, 0) is 12.8 Å². The lowest BCUT2D eigenvalue weighted by atomic mass is 9.79. The number of hydrogen-bond acceptors (Lipinski definition) is 3. The molecule has 2 rings (SSSR count). The Morgan fingerprint density at radius 1 is 1.22 bits per heavy atom. The molecule has 104 valence electrons. The second-order valence-corrected chi connectivity index (χ2v) is 5.43. The number of amides is 1. The molecule has 2 fully saturated rings. The van der Waals surface area contributed by atoms with Crippen molar-refractivity contribution in [1.82, 2.24) is 15.5 Å². The van der Waals surface area contributed by atoms with Crippen LogP contribution in [-0.2, 0) is 4.79 Å². The van der Waals surface area contributed by atoms with Crippen LogP contribution in [0.4, 0.5) is 4.39 Å². The normalized spacial score (nSPS) is 24.7. The second-order valence-electron chi connectivity index (χ2n) is 5.43. The molecule has 0 bridgehead atoms. The fraction of sp³-hybridized carbons (Fsp3) is 0.923. The summed E-state index contributed by atoms with van der Waals surface area (Å²) in [6, 6.07) is 0. The molecule has 2 N–H and O–H groups in total. The molecule has 1 aliphatic heterocycles. The molecular weight excluding hydrogens is 233 g/mol. The van der Waals surface area contributed by atoms with E-state index in [9.17, 15) is 9.18 Å². The van der Waals surface area contributed by atoms with Crippen molar-refractivity contribution in [3.63, 3.8) is 0 Å². The summed E-state index contributed by atoms with van der Waals surface area (Å²) in [6.45, 7) is 3.79. The quantitative estimate of drug-likeness (QED) is 0.778. The molecule has 1 heterocycles. The Morgan fingerprint density at radius 2 is 1.89 bits per heavy atom. The molecule has 0 aromatic rings. The molecule has 5 heteroatoms. The number of piperazine rings is 1. The van der Waals surface area contributed by atoms with E-state index in [0.29, 0.717) is 6.54 Å². The van der Waals surface area contributed by atoms with Crippen LogP contribution in [-0.4, -0.2) is 55.7 Å². The van der Waals surface area contributed by atoms with Crippen LogP contribution in [0.5, 0.6) is 0 Å². The van der Waals surface area contributed by atoms with E-state index in [1.54, 1.807) is 0 Å². The van der Waals surface area contributed by atoms with Crippen LogP contribution in [0.15, 0.2) is 0 Å². The summed E-state index contributed by atoms with van der Waals surface area (Å²) < 4.78 is 12.3. The smallest absolute Gasteiger partial charge is 0.251 e. The van der Waals surface area contributed by atoms with Crippen molar-refractivity contribution in [3.8, 4) is 0 Å². The summed E-state index contributed by atoms with van der Waals surface area (Å²) in [5, 5.41) is 6.12. The lowest BCUT2D eigenvalue weighted by Gasteiger charge is -2.48. The number of alkyl halides is 1. The Bertz CT molecular complexity index is 273. The summed E-state index contributed by atoms with van der Waals surface area (Å²) in [5.74, 6) is -0.477. The number of carbonyl (C=O) groups excluding carboxylic acids is 1. The van der Waals surface area contributed by atoms with Crippen molar-refractivity contribution in [2.24, 2.45) is 0 Å². The number of carbonyl (C=O) groups is 1. The first kappa shape index (κ1) is 13.7. The molecule has 1 saturated heterocycles. The number of halogens is 1. The van der Waals surface area contributed by atoms with Crippen LogP contribution in [0.25, 0.3) is 0 Å². The Labute approximate surface area is 108 Å². The van der Waals surface area contributed by atoms with Crippen molar-refractivity contribution in [3.05, 3.63) is 0 Å². The fourth-order valence-electron chi connectivity index (χ4n) is 3.26. The number of hydrogen-bond donors (Lipinski definition) is 2. The lowest BCUT2D eigenvalue weighted by Crippen LogP contribution is -2.61. The third-order valence-electron chi connectivity index (χ3n) is 4.31. The zero-order chi connectivity index (χ0) is 12.8. The minimum absolute atomic E-state index is 0.0746. The summed E-state index contributed by atoms with van der Waals surface area (Å²) in [6.07, 6.45) is 5.97. The molecule has 0 unspecified atom stereocenters. The SMILES string of the molecule is O=C(CF)NCC1(N2CCNCC2)CCCCC1. The third-order valence-corrected chi connectivity index (χ3v) is 4.31. The van der Waals surface area contributed by atoms with Crippen molar-refractivity contribution in [2.45, 2.75) is 37.6 Å². The van der Waals surface area contributed by atoms with Gasteiger partial charge in [0, 0.05) is 38.3 Å². The molecule has 0 spiro atoms. The number of nitrogens with zero attached hydrogens (tertiary/aromatic N) is 1. The average Bonchev–Trinajstić information content (AvgIpc) is 2.46. The maximum absolute atomic E-state index is 12.3. The molecule has 1 aliphatic carbocycles. The fourth-order valence-corrected chi connectivity index (χ4v) is 3.26. The zero-order valence-corrected chi connectivity index (χ0v) is 11.0. The molecule has 1 saturated carbocycles. The molecular formula is C13H24FN3O. The van der Waals surface area contributed by atoms with Gasteiger partial charge in [0.2, 0.25) is 0 Å². The van der Waals surface area contributed by atoms with Gasteiger partial charge in [-0.3, -0.25) is 9.69 Å². The van der Waals surface area contributed by atoms with E-state index in [1.165, 1.54) is 19.3 Å². The third kappa shape index (κ3) is 3.20. The van der Waals surface area contributed by atoms with Crippen LogP contribution in [0.1, 0.15) is 32.1 Å². The zero-order valence-electron chi connectivity index (χ0n) is 11.0. The first-order valence-electron chi connectivity index (χ1n) is 7.05. The van der Waals surface area contributed by atoms with Crippen LogP contribution in [0.3, 0.4) is 0 Å². The van der Waals surface area contributed by atoms with E-state index in [2.05, 4.69) is 15.5 Å². The Kier molecular flexibility index (Phi) is 4.95. The molecule has 0 aromatic carbocycles. The van der Waals surface area contributed by atoms with Gasteiger partial charge < -0.3 is 10.6 Å². The van der Waals surface area contributed by atoms with Crippen LogP contribution < -0.4 is 10.6 Å². The maximum atomic E-state index is 12.3. The molecule has 2 aliphatic rings. The van der Waals surface area contributed by atoms with Crippen LogP contribution >= 0.6 is 0 Å². The monoisotopic (exact) mass is 257 g/mol. The Morgan fingerprint density at radius 3 is 2.50 bits per heavy atom. The number of nitrogens with one attached hydrogen (secondary N) is 2. The van der Waals surface area contributed by atoms with Crippen molar-refractivity contribution >= 4 is 5.91 Å². The van der Waals surface area contributed by atoms with Gasteiger partial charge in [-0.1, -0.05) is 19.3 Å². The van der Waals surface area contributed by atoms with Gasteiger partial charge in [0.05, 0.1) is 0 Å². The Hall–Kier alpha value is -0.680. The molecule has 0 atom stereocenters. The van der Waals surface area contributed by atoms with Crippen LogP contribution in [0, 0.1) is 0 Å². The van der Waals surface area contributed by atoms with Crippen molar-refractivity contribution in [1.29, 1.82) is 0 Å². The van der Waals surface area contributed by atoms with Gasteiger partial charge in [-0.25, -0.2) is 4.39 Å². The first-order valence-corrected chi connectivity index (χ1v) is 7.05. The maximum Gasteiger partial charge on any atom is 0.251 e. The molecule has 0 aromatic heterocycles. The molecule has 0 radical (unpaired) electrons. The highest BCUT2D eigenvalue weighted by Gasteiger charge is 2.38. The second kappa shape index (κ2) is 6.48. The predicted molar refractivity (Wildman–Crippen MR) is 69.2 cm³/mol. The highest BCUT2D eigenvalue weighted by atomic mass is 19.1. The van der Waals surface area contributed by atoms with Gasteiger partial charge in [0.1, 0.15) is 0 Å². The summed E-state index contributed by atoms with van der Waals surface area (Å²) in [5.41, 5.74) is 0.0746. The average molecular weight is 257 g/mol. The molecule has 4 nitrogen and oxygen atoms in total. The van der Waals surface area contributed by atoms with Gasteiger partial charge in [-0.2, -0.15) is 0 Å². The Balaban J connectivity index is 1.99. The molecule has 1 amide bonds. The van der Waals surface area contributed by atoms with Crippen molar-refractivity contribution in [2.75, 3.05) is 39.4 Å². The first-order chi connectivity index (χ1) is 8.77. The van der Waals surface area contributed by atoms with Gasteiger partial charge in [-0.15, -0.1) is 0 Å². The van der Waals surface area contributed by atoms with E-state index in [0.717, 1.165) is 39.0 Å². The predicted octanol–water partition coefficient (Wildman–Crippen LogP) is 0.680. The van der Waals surface area contributed by atoms with E-state index < -0.39 is 12.6 Å². The van der Waals surface area contributed by atoms with Crippen molar-refractivity contribution < 1.29 is 9.18 Å². The van der Waals surface area contributed by atoms with Gasteiger partial charge in [0.25, 0.3) is 5.91 Å². The lowest BCUT2D eigenvalue weighted by molar-refractivity contribution is -0.122. The van der Waals surface area contributed by atoms with E-state index >= 15 is 0 Å². The highest BCUT2D eigenvalue weighted by molar-refractivity contribution is 5.77. The van der Waals surface area contributed by atoms with E-state index in [1.807, 2.05) is 0 Å². The van der Waals surface area contributed by atoms with E-state index in [4.69, 9.17) is 0 Å². The minimum Gasteiger partial charge on any atom is -0.352 e. The summed E-state index contributed by atoms with van der Waals surface area (Å²) in [7, 11) is 0. The minimum atomic E-state index is -0.905. The van der Waals surface area contributed by atoms with E-state index in [-0.39, 0.29) is 5.54 Å². The molecule has 18 heavy (non-hydrogen) atoms. The summed E-state index contributed by atoms with van der Waals surface area (Å²) >= 11 is 0. The standard InChI is InChI=1S/C13H24FN3O/c14-10-12(18)16-11-13(4-2-1-3-5-13)17-8-6-15-7-9-17/h15H,1-11H2,(H,16,18).